The van der Waals surface area contributed by atoms with Gasteiger partial charge >= 0.3 is 0 Å². The molecule has 0 aliphatic heterocycles. The number of anilines is 1. The highest BCUT2D eigenvalue weighted by Crippen LogP contribution is 2.26. The van der Waals surface area contributed by atoms with Crippen molar-refractivity contribution in [2.75, 3.05) is 19.5 Å². The van der Waals surface area contributed by atoms with Gasteiger partial charge in [-0.05, 0) is 24.3 Å². The Kier molecular flexibility index (Phi) is 3.59. The summed E-state index contributed by atoms with van der Waals surface area (Å²) in [6, 6.07) is 9.42. The van der Waals surface area contributed by atoms with Crippen LogP contribution in [-0.4, -0.2) is 24.2 Å². The van der Waals surface area contributed by atoms with Crippen molar-refractivity contribution in [1.82, 2.24) is 9.97 Å². The molecule has 0 aliphatic carbocycles. The average molecular weight is 285 g/mol. The van der Waals surface area contributed by atoms with E-state index in [1.165, 1.54) is 0 Å². The van der Waals surface area contributed by atoms with Gasteiger partial charge in [0.1, 0.15) is 5.76 Å². The first-order chi connectivity index (χ1) is 10.3. The topological polar surface area (TPSA) is 69.4 Å². The molecule has 0 spiro atoms. The first kappa shape index (κ1) is 13.2. The lowest BCUT2D eigenvalue weighted by molar-refractivity contribution is 0.366. The number of fused-ring (bicyclic) bond motifs is 1. The molecule has 3 rings (SSSR count). The second-order valence-corrected chi connectivity index (χ2v) is 4.37. The van der Waals surface area contributed by atoms with Gasteiger partial charge in [0.05, 0.1) is 26.5 Å². The van der Waals surface area contributed by atoms with E-state index in [4.69, 9.17) is 13.9 Å². The van der Waals surface area contributed by atoms with Crippen LogP contribution >= 0.6 is 0 Å². The fourth-order valence-electron chi connectivity index (χ4n) is 2.02. The summed E-state index contributed by atoms with van der Waals surface area (Å²) in [7, 11) is 3.13. The van der Waals surface area contributed by atoms with E-state index in [0.717, 1.165) is 16.8 Å². The molecule has 6 nitrogen and oxygen atoms in total. The monoisotopic (exact) mass is 285 g/mol. The predicted molar refractivity (Wildman–Crippen MR) is 78.7 cm³/mol. The van der Waals surface area contributed by atoms with Gasteiger partial charge in [-0.1, -0.05) is 0 Å². The minimum Gasteiger partial charge on any atom is -0.481 e. The van der Waals surface area contributed by atoms with E-state index in [1.54, 1.807) is 26.5 Å². The first-order valence-electron chi connectivity index (χ1n) is 6.46. The Morgan fingerprint density at radius 1 is 1.19 bits per heavy atom. The van der Waals surface area contributed by atoms with E-state index in [1.807, 2.05) is 24.3 Å². The maximum atomic E-state index is 5.65. The van der Waals surface area contributed by atoms with Crippen LogP contribution in [0.2, 0.25) is 0 Å². The van der Waals surface area contributed by atoms with E-state index in [0.29, 0.717) is 24.0 Å². The molecule has 3 aromatic rings. The van der Waals surface area contributed by atoms with Crippen LogP contribution in [0.4, 0.5) is 5.69 Å². The van der Waals surface area contributed by atoms with E-state index < -0.39 is 0 Å². The van der Waals surface area contributed by atoms with Crippen LogP contribution < -0.4 is 14.8 Å². The summed E-state index contributed by atoms with van der Waals surface area (Å²) in [5.74, 6) is 1.77. The lowest BCUT2D eigenvalue weighted by Crippen LogP contribution is -2.02. The Balaban J connectivity index is 1.77. The fraction of sp³-hybridized carbons (Fsp3) is 0.200. The van der Waals surface area contributed by atoms with Crippen molar-refractivity contribution >= 4 is 16.8 Å². The van der Waals surface area contributed by atoms with Crippen LogP contribution in [0.25, 0.3) is 11.1 Å². The molecule has 3 aromatic heterocycles. The Morgan fingerprint density at radius 2 is 2.10 bits per heavy atom. The molecule has 1 N–H and O–H groups in total. The third kappa shape index (κ3) is 2.74. The van der Waals surface area contributed by atoms with Gasteiger partial charge in [0.25, 0.3) is 0 Å². The lowest BCUT2D eigenvalue weighted by atomic mass is 10.3. The van der Waals surface area contributed by atoms with Gasteiger partial charge in [0, 0.05) is 17.6 Å². The largest absolute Gasteiger partial charge is 0.481 e. The van der Waals surface area contributed by atoms with Crippen molar-refractivity contribution in [3.05, 3.63) is 42.3 Å². The third-order valence-electron chi connectivity index (χ3n) is 3.04. The minimum absolute atomic E-state index is 0.476. The molecule has 21 heavy (non-hydrogen) atoms. The van der Waals surface area contributed by atoms with Crippen molar-refractivity contribution < 1.29 is 13.9 Å². The summed E-state index contributed by atoms with van der Waals surface area (Å²) in [6.45, 7) is 0.515. The molecule has 0 saturated heterocycles. The predicted octanol–water partition coefficient (Wildman–Crippen LogP) is 2.85. The fourth-order valence-corrected chi connectivity index (χ4v) is 2.02. The molecule has 108 valence electrons. The van der Waals surface area contributed by atoms with Crippen LogP contribution in [0.3, 0.4) is 0 Å². The molecule has 0 atom stereocenters. The number of furan rings is 1. The number of ether oxygens (including phenoxy) is 2. The van der Waals surface area contributed by atoms with Crippen molar-refractivity contribution in [1.29, 1.82) is 0 Å². The Hall–Kier alpha value is -2.76. The van der Waals surface area contributed by atoms with E-state index >= 15 is 0 Å². The second-order valence-electron chi connectivity index (χ2n) is 4.37. The van der Waals surface area contributed by atoms with E-state index in [2.05, 4.69) is 15.3 Å². The van der Waals surface area contributed by atoms with Crippen LogP contribution in [0.5, 0.6) is 11.8 Å². The van der Waals surface area contributed by atoms with Crippen molar-refractivity contribution in [2.45, 2.75) is 6.54 Å². The zero-order valence-electron chi connectivity index (χ0n) is 11.8. The molecule has 0 amide bonds. The second kappa shape index (κ2) is 5.70. The summed E-state index contributed by atoms with van der Waals surface area (Å²) in [6.07, 6.45) is 1.71. The molecule has 0 unspecified atom stereocenters. The quantitative estimate of drug-likeness (QED) is 0.777. The molecule has 0 aliphatic rings. The zero-order chi connectivity index (χ0) is 14.7. The number of nitrogens with one attached hydrogen (secondary N) is 1. The Labute approximate surface area is 121 Å². The zero-order valence-corrected chi connectivity index (χ0v) is 11.8. The molecule has 0 fully saturated rings. The normalized spacial score (nSPS) is 10.6. The summed E-state index contributed by atoms with van der Waals surface area (Å²) >= 11 is 0. The van der Waals surface area contributed by atoms with Crippen LogP contribution in [0.1, 0.15) is 5.76 Å². The number of nitrogens with zero attached hydrogens (tertiary/aromatic N) is 2. The molecular formula is C15H15N3O3. The number of pyridine rings is 2. The van der Waals surface area contributed by atoms with Gasteiger partial charge < -0.3 is 19.2 Å². The van der Waals surface area contributed by atoms with Crippen molar-refractivity contribution in [3.63, 3.8) is 0 Å². The molecule has 0 saturated carbocycles. The summed E-state index contributed by atoms with van der Waals surface area (Å²) < 4.78 is 16.0. The third-order valence-corrected chi connectivity index (χ3v) is 3.04. The molecular weight excluding hydrogens is 270 g/mol. The molecule has 3 heterocycles. The van der Waals surface area contributed by atoms with Crippen LogP contribution in [0, 0.1) is 0 Å². The lowest BCUT2D eigenvalue weighted by Gasteiger charge is -2.10. The standard InChI is InChI=1S/C15H15N3O3/c1-19-13-6-5-12(15(18-13)20-2)17-9-11-8-10-4-3-7-16-14(10)21-11/h3-8,17H,9H2,1-2H3. The molecule has 6 heteroatoms. The van der Waals surface area contributed by atoms with E-state index in [-0.39, 0.29) is 0 Å². The van der Waals surface area contributed by atoms with Crippen molar-refractivity contribution in [2.24, 2.45) is 0 Å². The molecule has 0 aromatic carbocycles. The number of rotatable bonds is 5. The smallest absolute Gasteiger partial charge is 0.240 e. The highest BCUT2D eigenvalue weighted by atomic mass is 16.5. The van der Waals surface area contributed by atoms with Gasteiger partial charge in [-0.25, -0.2) is 4.98 Å². The van der Waals surface area contributed by atoms with Crippen LogP contribution in [-0.2, 0) is 6.54 Å². The number of methoxy groups -OCH3 is 2. The molecule has 0 radical (unpaired) electrons. The maximum Gasteiger partial charge on any atom is 0.240 e. The highest BCUT2D eigenvalue weighted by Gasteiger charge is 2.08. The van der Waals surface area contributed by atoms with Gasteiger partial charge in [-0.2, -0.15) is 4.98 Å². The first-order valence-corrected chi connectivity index (χ1v) is 6.46. The SMILES string of the molecule is COc1ccc(NCc2cc3cccnc3o2)c(OC)n1. The highest BCUT2D eigenvalue weighted by molar-refractivity contribution is 5.73. The van der Waals surface area contributed by atoms with E-state index in [9.17, 15) is 0 Å². The van der Waals surface area contributed by atoms with Gasteiger partial charge in [-0.15, -0.1) is 0 Å². The summed E-state index contributed by atoms with van der Waals surface area (Å²) in [5.41, 5.74) is 1.40. The maximum absolute atomic E-state index is 5.65. The Morgan fingerprint density at radius 3 is 2.86 bits per heavy atom. The number of hydrogen-bond acceptors (Lipinski definition) is 6. The van der Waals surface area contributed by atoms with Gasteiger partial charge in [0.2, 0.25) is 17.5 Å². The van der Waals surface area contributed by atoms with Gasteiger partial charge in [0.15, 0.2) is 0 Å². The average Bonchev–Trinajstić information content (AvgIpc) is 2.95. The summed E-state index contributed by atoms with van der Waals surface area (Å²) in [4.78, 5) is 8.38. The number of aromatic nitrogens is 2. The number of hydrogen-bond donors (Lipinski definition) is 1. The Bertz CT molecular complexity index is 722. The molecule has 0 bridgehead atoms. The van der Waals surface area contributed by atoms with Crippen LogP contribution in [0.15, 0.2) is 40.9 Å². The summed E-state index contributed by atoms with van der Waals surface area (Å²) in [5, 5.41) is 4.21. The minimum atomic E-state index is 0.476. The van der Waals surface area contributed by atoms with Gasteiger partial charge in [-0.3, -0.25) is 0 Å². The van der Waals surface area contributed by atoms with Crippen molar-refractivity contribution in [3.8, 4) is 11.8 Å².